The van der Waals surface area contributed by atoms with Crippen molar-refractivity contribution >= 4 is 6.03 Å². The summed E-state index contributed by atoms with van der Waals surface area (Å²) in [6.45, 7) is 3.58. The highest BCUT2D eigenvalue weighted by Crippen LogP contribution is 2.46. The van der Waals surface area contributed by atoms with E-state index in [-0.39, 0.29) is 12.1 Å². The van der Waals surface area contributed by atoms with Gasteiger partial charge in [0.25, 0.3) is 0 Å². The lowest BCUT2D eigenvalue weighted by atomic mass is 10.1. The molecule has 2 aliphatic rings. The smallest absolute Gasteiger partial charge is 0.314 e. The van der Waals surface area contributed by atoms with Crippen LogP contribution in [-0.2, 0) is 9.47 Å². The van der Waals surface area contributed by atoms with E-state index in [1.807, 2.05) is 6.07 Å². The number of carbonyl (C=O) groups is 1. The highest BCUT2D eigenvalue weighted by atomic mass is 16.5. The molecule has 126 valence electrons. The van der Waals surface area contributed by atoms with Crippen molar-refractivity contribution in [2.75, 3.05) is 32.9 Å². The summed E-state index contributed by atoms with van der Waals surface area (Å²) in [7, 11) is 0. The van der Waals surface area contributed by atoms with Gasteiger partial charge in [0.2, 0.25) is 0 Å². The van der Waals surface area contributed by atoms with Crippen molar-refractivity contribution in [3.05, 3.63) is 35.9 Å². The fourth-order valence-corrected chi connectivity index (χ4v) is 3.04. The summed E-state index contributed by atoms with van der Waals surface area (Å²) in [6, 6.07) is 10.4. The number of carbonyl (C=O) groups excluding carboxylic acids is 1. The molecule has 1 saturated heterocycles. The molecule has 3 rings (SSSR count). The molecule has 1 heterocycles. The standard InChI is InChI=1S/C18H26N2O3/c21-18(19-8-4-9-23-16-7-10-22-13-16)20-12-15-11-17(15)14-5-2-1-3-6-14/h1-3,5-6,15-17H,4,7-13H2,(H2,19,20,21)/t15-,16-,17-/m1/s1. The lowest BCUT2D eigenvalue weighted by molar-refractivity contribution is 0.0418. The molecule has 5 nitrogen and oxygen atoms in total. The molecule has 0 aromatic heterocycles. The Hall–Kier alpha value is -1.59. The summed E-state index contributed by atoms with van der Waals surface area (Å²) < 4.78 is 10.9. The van der Waals surface area contributed by atoms with Crippen LogP contribution in [0, 0.1) is 5.92 Å². The van der Waals surface area contributed by atoms with Crippen molar-refractivity contribution < 1.29 is 14.3 Å². The lowest BCUT2D eigenvalue weighted by Crippen LogP contribution is -2.37. The molecule has 3 atom stereocenters. The van der Waals surface area contributed by atoms with Gasteiger partial charge in [0, 0.05) is 26.3 Å². The van der Waals surface area contributed by atoms with Gasteiger partial charge in [-0.1, -0.05) is 30.3 Å². The van der Waals surface area contributed by atoms with E-state index >= 15 is 0 Å². The third-order valence-corrected chi connectivity index (χ3v) is 4.52. The molecule has 0 spiro atoms. The van der Waals surface area contributed by atoms with Gasteiger partial charge in [-0.05, 0) is 36.7 Å². The Morgan fingerprint density at radius 3 is 2.91 bits per heavy atom. The second-order valence-electron chi connectivity index (χ2n) is 6.36. The first-order valence-corrected chi connectivity index (χ1v) is 8.59. The second-order valence-corrected chi connectivity index (χ2v) is 6.36. The summed E-state index contributed by atoms with van der Waals surface area (Å²) in [5, 5.41) is 5.85. The van der Waals surface area contributed by atoms with Crippen LogP contribution in [0.1, 0.15) is 30.7 Å². The molecule has 23 heavy (non-hydrogen) atoms. The molecule has 0 unspecified atom stereocenters. The van der Waals surface area contributed by atoms with Crippen LogP contribution in [0.5, 0.6) is 0 Å². The molecule has 0 radical (unpaired) electrons. The fourth-order valence-electron chi connectivity index (χ4n) is 3.04. The Kier molecular flexibility index (Phi) is 5.88. The molecule has 5 heteroatoms. The topological polar surface area (TPSA) is 59.6 Å². The maximum Gasteiger partial charge on any atom is 0.314 e. The van der Waals surface area contributed by atoms with Gasteiger partial charge in [0.1, 0.15) is 0 Å². The van der Waals surface area contributed by atoms with Gasteiger partial charge in [-0.25, -0.2) is 4.79 Å². The number of benzene rings is 1. The number of ether oxygens (including phenoxy) is 2. The molecule has 1 aromatic carbocycles. The summed E-state index contributed by atoms with van der Waals surface area (Å²) >= 11 is 0. The van der Waals surface area contributed by atoms with E-state index in [1.54, 1.807) is 0 Å². The summed E-state index contributed by atoms with van der Waals surface area (Å²) in [5.74, 6) is 1.19. The van der Waals surface area contributed by atoms with E-state index in [1.165, 1.54) is 12.0 Å². The van der Waals surface area contributed by atoms with Gasteiger partial charge in [-0.2, -0.15) is 0 Å². The van der Waals surface area contributed by atoms with E-state index < -0.39 is 0 Å². The Balaban J connectivity index is 1.21. The molecule has 1 aliphatic heterocycles. The molecule has 2 fully saturated rings. The lowest BCUT2D eigenvalue weighted by Gasteiger charge is -2.10. The Bertz CT molecular complexity index is 488. The van der Waals surface area contributed by atoms with E-state index in [4.69, 9.17) is 9.47 Å². The Labute approximate surface area is 137 Å². The van der Waals surface area contributed by atoms with Gasteiger partial charge in [-0.3, -0.25) is 0 Å². The van der Waals surface area contributed by atoms with Crippen molar-refractivity contribution in [3.8, 4) is 0 Å². The first kappa shape index (κ1) is 16.3. The molecular weight excluding hydrogens is 292 g/mol. The van der Waals surface area contributed by atoms with Crippen molar-refractivity contribution in [1.82, 2.24) is 10.6 Å². The summed E-state index contributed by atoms with van der Waals surface area (Å²) in [5.41, 5.74) is 1.38. The van der Waals surface area contributed by atoms with E-state index in [0.29, 0.717) is 31.6 Å². The number of rotatable bonds is 8. The van der Waals surface area contributed by atoms with E-state index in [2.05, 4.69) is 34.9 Å². The van der Waals surface area contributed by atoms with Crippen LogP contribution >= 0.6 is 0 Å². The molecule has 1 aliphatic carbocycles. The minimum Gasteiger partial charge on any atom is -0.379 e. The monoisotopic (exact) mass is 318 g/mol. The van der Waals surface area contributed by atoms with E-state index in [9.17, 15) is 4.79 Å². The quantitative estimate of drug-likeness (QED) is 0.723. The number of amides is 2. The first-order chi connectivity index (χ1) is 11.3. The van der Waals surface area contributed by atoms with Crippen LogP contribution in [0.2, 0.25) is 0 Å². The Morgan fingerprint density at radius 2 is 2.13 bits per heavy atom. The van der Waals surface area contributed by atoms with Crippen LogP contribution in [0.3, 0.4) is 0 Å². The van der Waals surface area contributed by atoms with Crippen LogP contribution in [-0.4, -0.2) is 45.0 Å². The number of nitrogens with one attached hydrogen (secondary N) is 2. The molecule has 0 bridgehead atoms. The zero-order valence-corrected chi connectivity index (χ0v) is 13.5. The molecule has 2 amide bonds. The van der Waals surface area contributed by atoms with Crippen molar-refractivity contribution in [2.45, 2.75) is 31.3 Å². The van der Waals surface area contributed by atoms with Gasteiger partial charge in [-0.15, -0.1) is 0 Å². The Morgan fingerprint density at radius 1 is 1.26 bits per heavy atom. The predicted molar refractivity (Wildman–Crippen MR) is 88.5 cm³/mol. The van der Waals surface area contributed by atoms with Gasteiger partial charge < -0.3 is 20.1 Å². The van der Waals surface area contributed by atoms with Gasteiger partial charge in [0.15, 0.2) is 0 Å². The first-order valence-electron chi connectivity index (χ1n) is 8.59. The number of urea groups is 1. The SMILES string of the molecule is O=C(NCCCO[C@@H]1CCOC1)NC[C@H]1C[C@@H]1c1ccccc1. The third-order valence-electron chi connectivity index (χ3n) is 4.52. The highest BCUT2D eigenvalue weighted by molar-refractivity contribution is 5.73. The van der Waals surface area contributed by atoms with Crippen LogP contribution < -0.4 is 10.6 Å². The van der Waals surface area contributed by atoms with E-state index in [0.717, 1.165) is 26.0 Å². The number of hydrogen-bond donors (Lipinski definition) is 2. The molecule has 1 saturated carbocycles. The number of hydrogen-bond acceptors (Lipinski definition) is 3. The van der Waals surface area contributed by atoms with Gasteiger partial charge in [0.05, 0.1) is 12.7 Å². The average molecular weight is 318 g/mol. The third kappa shape index (κ3) is 5.22. The van der Waals surface area contributed by atoms with Crippen molar-refractivity contribution in [2.24, 2.45) is 5.92 Å². The minimum absolute atomic E-state index is 0.0760. The normalized spacial score (nSPS) is 26.0. The second kappa shape index (κ2) is 8.31. The highest BCUT2D eigenvalue weighted by Gasteiger charge is 2.37. The van der Waals surface area contributed by atoms with Crippen LogP contribution in [0.25, 0.3) is 0 Å². The summed E-state index contributed by atoms with van der Waals surface area (Å²) in [4.78, 5) is 11.8. The zero-order valence-electron chi connectivity index (χ0n) is 13.5. The summed E-state index contributed by atoms with van der Waals surface area (Å²) in [6.07, 6.45) is 3.23. The zero-order chi connectivity index (χ0) is 15.9. The van der Waals surface area contributed by atoms with Crippen molar-refractivity contribution in [1.29, 1.82) is 0 Å². The maximum atomic E-state index is 11.8. The maximum absolute atomic E-state index is 11.8. The molecule has 1 aromatic rings. The van der Waals surface area contributed by atoms with Crippen molar-refractivity contribution in [3.63, 3.8) is 0 Å². The minimum atomic E-state index is -0.0760. The van der Waals surface area contributed by atoms with Crippen LogP contribution in [0.4, 0.5) is 4.79 Å². The van der Waals surface area contributed by atoms with Gasteiger partial charge >= 0.3 is 6.03 Å². The predicted octanol–water partition coefficient (Wildman–Crippen LogP) is 2.28. The van der Waals surface area contributed by atoms with Crippen LogP contribution in [0.15, 0.2) is 30.3 Å². The molecular formula is C18H26N2O3. The largest absolute Gasteiger partial charge is 0.379 e. The fraction of sp³-hybridized carbons (Fsp3) is 0.611. The average Bonchev–Trinajstić information content (AvgIpc) is 3.18. The molecule has 2 N–H and O–H groups in total.